The number of amides is 3. The number of aliphatic hydroxyl groups is 1. The molecule has 0 aliphatic carbocycles. The second-order valence-corrected chi connectivity index (χ2v) is 13.1. The number of benzene rings is 4. The van der Waals surface area contributed by atoms with Crippen LogP contribution in [0.25, 0.3) is 0 Å². The molecule has 248 valence electrons. The summed E-state index contributed by atoms with van der Waals surface area (Å²) in [5.41, 5.74) is 4.24. The quantitative estimate of drug-likeness (QED) is 0.141. The largest absolute Gasteiger partial charge is 0.445 e. The van der Waals surface area contributed by atoms with Crippen LogP contribution >= 0.6 is 11.8 Å². The molecular formula is C38H38N2O7S. The summed E-state index contributed by atoms with van der Waals surface area (Å²) in [6.45, 7) is 2.25. The minimum atomic E-state index is -0.972. The molecular weight excluding hydrogens is 628 g/mol. The maximum atomic E-state index is 13.1. The van der Waals surface area contributed by atoms with Crippen LogP contribution < -0.4 is 5.32 Å². The van der Waals surface area contributed by atoms with Gasteiger partial charge in [0.05, 0.1) is 31.8 Å². The van der Waals surface area contributed by atoms with Gasteiger partial charge in [-0.1, -0.05) is 104 Å². The molecule has 2 aliphatic heterocycles. The molecule has 4 aromatic carbocycles. The Hall–Kier alpha value is -4.48. The Morgan fingerprint density at radius 1 is 0.854 bits per heavy atom. The Labute approximate surface area is 284 Å². The number of ether oxygens (including phenoxy) is 3. The van der Waals surface area contributed by atoms with Crippen LogP contribution in [-0.4, -0.2) is 45.8 Å². The topological polar surface area (TPSA) is 114 Å². The number of alkyl carbamates (subject to hydrolysis) is 1. The number of carbonyl (C=O) groups excluding carboxylic acids is 3. The van der Waals surface area contributed by atoms with Gasteiger partial charge in [-0.25, -0.2) is 4.79 Å². The zero-order valence-electron chi connectivity index (χ0n) is 26.6. The molecule has 2 aliphatic rings. The van der Waals surface area contributed by atoms with Gasteiger partial charge in [0, 0.05) is 22.1 Å². The number of hydrogen-bond acceptors (Lipinski definition) is 8. The van der Waals surface area contributed by atoms with E-state index in [9.17, 15) is 19.5 Å². The van der Waals surface area contributed by atoms with Crippen molar-refractivity contribution in [3.05, 3.63) is 137 Å². The summed E-state index contributed by atoms with van der Waals surface area (Å²) in [5, 5.41) is 12.1. The van der Waals surface area contributed by atoms with Crippen molar-refractivity contribution < 1.29 is 33.7 Å². The van der Waals surface area contributed by atoms with Crippen molar-refractivity contribution >= 4 is 29.7 Å². The third kappa shape index (κ3) is 8.14. The van der Waals surface area contributed by atoms with E-state index in [1.54, 1.807) is 11.8 Å². The highest BCUT2D eigenvalue weighted by atomic mass is 32.2. The maximum Gasteiger partial charge on any atom is 0.408 e. The van der Waals surface area contributed by atoms with E-state index in [0.717, 1.165) is 43.4 Å². The van der Waals surface area contributed by atoms with Crippen molar-refractivity contribution in [2.45, 2.75) is 62.5 Å². The molecule has 1 unspecified atom stereocenters. The Morgan fingerprint density at radius 3 is 2.19 bits per heavy atom. The van der Waals surface area contributed by atoms with E-state index in [4.69, 9.17) is 14.2 Å². The monoisotopic (exact) mass is 666 g/mol. The minimum Gasteiger partial charge on any atom is -0.445 e. The van der Waals surface area contributed by atoms with Crippen molar-refractivity contribution in [1.29, 1.82) is 0 Å². The van der Waals surface area contributed by atoms with Gasteiger partial charge < -0.3 is 24.6 Å². The molecule has 0 radical (unpaired) electrons. The number of nitrogens with zero attached hydrogens (tertiary/aromatic N) is 1. The molecule has 5 atom stereocenters. The third-order valence-electron chi connectivity index (χ3n) is 8.62. The van der Waals surface area contributed by atoms with E-state index in [-0.39, 0.29) is 50.2 Å². The van der Waals surface area contributed by atoms with Gasteiger partial charge in [-0.15, -0.1) is 11.8 Å². The van der Waals surface area contributed by atoms with Gasteiger partial charge in [-0.2, -0.15) is 0 Å². The van der Waals surface area contributed by atoms with Gasteiger partial charge >= 0.3 is 6.09 Å². The highest BCUT2D eigenvalue weighted by Gasteiger charge is 2.40. The number of hydrogen-bond donors (Lipinski definition) is 2. The number of thioether (sulfide) groups is 1. The van der Waals surface area contributed by atoms with Crippen LogP contribution in [0, 0.1) is 5.92 Å². The van der Waals surface area contributed by atoms with Crippen molar-refractivity contribution in [3.63, 3.8) is 0 Å². The lowest BCUT2D eigenvalue weighted by atomic mass is 9.91. The summed E-state index contributed by atoms with van der Waals surface area (Å²) in [6.07, 6.45) is -1.85. The Balaban J connectivity index is 1.10. The zero-order valence-corrected chi connectivity index (χ0v) is 27.4. The second-order valence-electron chi connectivity index (χ2n) is 12.0. The lowest BCUT2D eigenvalue weighted by Gasteiger charge is -2.41. The first-order chi connectivity index (χ1) is 23.4. The van der Waals surface area contributed by atoms with Gasteiger partial charge in [-0.05, 0) is 34.4 Å². The summed E-state index contributed by atoms with van der Waals surface area (Å²) in [5.74, 6) is -0.0366. The van der Waals surface area contributed by atoms with E-state index < -0.39 is 24.3 Å². The zero-order chi connectivity index (χ0) is 33.5. The molecule has 2 N–H and O–H groups in total. The van der Waals surface area contributed by atoms with Crippen LogP contribution in [-0.2, 0) is 43.6 Å². The summed E-state index contributed by atoms with van der Waals surface area (Å²) in [6, 6.07) is 33.8. The van der Waals surface area contributed by atoms with Crippen molar-refractivity contribution in [2.24, 2.45) is 5.92 Å². The van der Waals surface area contributed by atoms with Crippen molar-refractivity contribution in [3.8, 4) is 0 Å². The Morgan fingerprint density at radius 2 is 1.50 bits per heavy atom. The van der Waals surface area contributed by atoms with E-state index in [0.29, 0.717) is 0 Å². The molecule has 48 heavy (non-hydrogen) atoms. The highest BCUT2D eigenvalue weighted by molar-refractivity contribution is 7.99. The van der Waals surface area contributed by atoms with Crippen LogP contribution in [0.2, 0.25) is 0 Å². The van der Waals surface area contributed by atoms with Gasteiger partial charge in [0.1, 0.15) is 12.6 Å². The summed E-state index contributed by atoms with van der Waals surface area (Å²) >= 11 is 1.74. The number of rotatable bonds is 11. The lowest BCUT2D eigenvalue weighted by Crippen LogP contribution is -2.41. The smallest absolute Gasteiger partial charge is 0.408 e. The molecule has 4 aromatic rings. The number of likely N-dealkylation sites (tertiary alicyclic amines) is 1. The van der Waals surface area contributed by atoms with Gasteiger partial charge in [-0.3, -0.25) is 14.5 Å². The van der Waals surface area contributed by atoms with E-state index in [1.165, 1.54) is 0 Å². The van der Waals surface area contributed by atoms with Crippen LogP contribution in [0.1, 0.15) is 53.6 Å². The number of carbonyl (C=O) groups is 3. The fourth-order valence-electron chi connectivity index (χ4n) is 5.84. The van der Waals surface area contributed by atoms with Crippen molar-refractivity contribution in [1.82, 2.24) is 10.2 Å². The first kappa shape index (κ1) is 33.4. The average molecular weight is 667 g/mol. The van der Waals surface area contributed by atoms with Gasteiger partial charge in [0.25, 0.3) is 5.91 Å². The average Bonchev–Trinajstić information content (AvgIpc) is 3.38. The number of imide groups is 1. The first-order valence-corrected chi connectivity index (χ1v) is 16.9. The SMILES string of the molecule is C[C@@H]1[C@H](CSc2ccccc2)O[C@H](c2ccc(CN3C(=O)CC(NC(=O)OCc4ccccc4)C3=O)cc2)O[C@@H]1c1ccc(CO)cc1. The fourth-order valence-corrected chi connectivity index (χ4v) is 6.93. The maximum absolute atomic E-state index is 13.1. The van der Waals surface area contributed by atoms with Gasteiger partial charge in [0.2, 0.25) is 5.91 Å². The highest BCUT2D eigenvalue weighted by Crippen LogP contribution is 2.43. The number of aliphatic hydroxyl groups excluding tert-OH is 1. The molecule has 10 heteroatoms. The van der Waals surface area contributed by atoms with E-state index in [2.05, 4.69) is 24.4 Å². The van der Waals surface area contributed by atoms with E-state index in [1.807, 2.05) is 97.1 Å². The van der Waals surface area contributed by atoms with Gasteiger partial charge in [0.15, 0.2) is 6.29 Å². The summed E-state index contributed by atoms with van der Waals surface area (Å²) < 4.78 is 18.4. The molecule has 2 saturated heterocycles. The molecule has 3 amide bonds. The molecule has 2 fully saturated rings. The molecule has 9 nitrogen and oxygen atoms in total. The van der Waals surface area contributed by atoms with Crippen LogP contribution in [0.15, 0.2) is 114 Å². The standard InChI is InChI=1S/C38H38N2O7S/c1-25-33(24-48-31-10-6-3-7-11-31)46-37(47-35(25)29-16-14-27(22-41)15-17-29)30-18-12-26(13-19-30)21-40-34(42)20-32(36(40)43)39-38(44)45-23-28-8-4-2-5-9-28/h2-19,25,32-33,35,37,41H,20-24H2,1H3,(H,39,44)/t25-,32?,33+,35+,37+/m1/s1. The first-order valence-electron chi connectivity index (χ1n) is 16.0. The third-order valence-corrected chi connectivity index (χ3v) is 9.72. The molecule has 0 spiro atoms. The molecule has 0 bridgehead atoms. The lowest BCUT2D eigenvalue weighted by molar-refractivity contribution is -0.268. The van der Waals surface area contributed by atoms with Crippen LogP contribution in [0.5, 0.6) is 0 Å². The molecule has 2 heterocycles. The van der Waals surface area contributed by atoms with Crippen LogP contribution in [0.3, 0.4) is 0 Å². The van der Waals surface area contributed by atoms with E-state index >= 15 is 0 Å². The second kappa shape index (κ2) is 15.6. The normalized spacial score (nSPS) is 22.5. The molecule has 0 aromatic heterocycles. The predicted molar refractivity (Wildman–Crippen MR) is 180 cm³/mol. The Bertz CT molecular complexity index is 1690. The molecule has 0 saturated carbocycles. The molecule has 6 rings (SSSR count). The van der Waals surface area contributed by atoms with Crippen molar-refractivity contribution in [2.75, 3.05) is 5.75 Å². The van der Waals surface area contributed by atoms with Crippen LogP contribution in [0.4, 0.5) is 4.79 Å². The predicted octanol–water partition coefficient (Wildman–Crippen LogP) is 6.32. The summed E-state index contributed by atoms with van der Waals surface area (Å²) in [4.78, 5) is 40.5. The minimum absolute atomic E-state index is 0.0249. The number of nitrogens with one attached hydrogen (secondary N) is 1. The fraction of sp³-hybridized carbons (Fsp3) is 0.289. The Kier molecular flexibility index (Phi) is 10.9. The summed E-state index contributed by atoms with van der Waals surface area (Å²) in [7, 11) is 0.